The fraction of sp³-hybridized carbons (Fsp3) is 0.269. The molecule has 1 aliphatic rings. The molecule has 0 saturated heterocycles. The molecule has 1 aliphatic heterocycles. The lowest BCUT2D eigenvalue weighted by atomic mass is 10.0. The number of hydrogen-bond acceptors (Lipinski definition) is 2. The molecule has 0 saturated carbocycles. The molecule has 3 nitrogen and oxygen atoms in total. The molecule has 0 bridgehead atoms. The number of rotatable bonds is 5. The summed E-state index contributed by atoms with van der Waals surface area (Å²) in [6.07, 6.45) is 0.703. The van der Waals surface area contributed by atoms with E-state index >= 15 is 0 Å². The Morgan fingerprint density at radius 3 is 2.10 bits per heavy atom. The summed E-state index contributed by atoms with van der Waals surface area (Å²) in [6, 6.07) is 30.1. The molecule has 3 aromatic rings. The van der Waals surface area contributed by atoms with Crippen molar-refractivity contribution in [3.05, 3.63) is 90.5 Å². The summed E-state index contributed by atoms with van der Waals surface area (Å²) in [7, 11) is -1.06. The van der Waals surface area contributed by atoms with Gasteiger partial charge < -0.3 is 4.74 Å². The third-order valence-corrected chi connectivity index (χ3v) is 8.73. The number of carbonyl (C=O) groups excluding carboxylic acids is 1. The van der Waals surface area contributed by atoms with E-state index < -0.39 is 8.80 Å². The normalized spacial score (nSPS) is 15.9. The second-order valence-electron chi connectivity index (χ2n) is 8.17. The van der Waals surface area contributed by atoms with E-state index in [0.29, 0.717) is 24.6 Å². The van der Waals surface area contributed by atoms with E-state index in [1.54, 1.807) is 0 Å². The van der Waals surface area contributed by atoms with Gasteiger partial charge in [-0.05, 0) is 29.5 Å². The van der Waals surface area contributed by atoms with E-state index in [4.69, 9.17) is 4.74 Å². The molecule has 4 heteroatoms. The predicted molar refractivity (Wildman–Crippen MR) is 125 cm³/mol. The van der Waals surface area contributed by atoms with Gasteiger partial charge >= 0.3 is 6.09 Å². The Labute approximate surface area is 180 Å². The van der Waals surface area contributed by atoms with Gasteiger partial charge in [0.25, 0.3) is 0 Å². The Hall–Kier alpha value is -2.85. The summed E-state index contributed by atoms with van der Waals surface area (Å²) in [5, 5.41) is 2.81. The number of nitrogens with zero attached hydrogens (tertiary/aromatic N) is 1. The van der Waals surface area contributed by atoms with Crippen LogP contribution in [0.4, 0.5) is 10.5 Å². The lowest BCUT2D eigenvalue weighted by Crippen LogP contribution is -2.50. The molecule has 3 aromatic carbocycles. The van der Waals surface area contributed by atoms with Gasteiger partial charge in [0.15, 0.2) is 0 Å². The van der Waals surface area contributed by atoms with Crippen LogP contribution in [0.1, 0.15) is 31.4 Å². The maximum Gasteiger partial charge on any atom is 0.414 e. The SMILES string of the molecule is CC(C)COC(=O)N1CC[C@@H]([Si](c2ccccc2)c2ccccc2)c2ccccc21. The number of benzene rings is 3. The van der Waals surface area contributed by atoms with Gasteiger partial charge in [-0.25, -0.2) is 4.79 Å². The van der Waals surface area contributed by atoms with Crippen molar-refractivity contribution in [3.8, 4) is 0 Å². The monoisotopic (exact) mass is 414 g/mol. The molecular formula is C26H28NO2Si. The molecule has 4 rings (SSSR count). The van der Waals surface area contributed by atoms with Crippen LogP contribution >= 0.6 is 0 Å². The highest BCUT2D eigenvalue weighted by Gasteiger charge is 2.36. The molecule has 0 fully saturated rings. The Balaban J connectivity index is 1.72. The molecule has 0 unspecified atom stereocenters. The summed E-state index contributed by atoms with van der Waals surface area (Å²) < 4.78 is 5.56. The van der Waals surface area contributed by atoms with E-state index in [1.165, 1.54) is 15.9 Å². The van der Waals surface area contributed by atoms with Crippen molar-refractivity contribution in [1.82, 2.24) is 0 Å². The van der Waals surface area contributed by atoms with Gasteiger partial charge in [0.1, 0.15) is 8.80 Å². The van der Waals surface area contributed by atoms with Crippen molar-refractivity contribution >= 4 is 31.0 Å². The zero-order valence-electron chi connectivity index (χ0n) is 17.6. The molecule has 1 radical (unpaired) electrons. The largest absolute Gasteiger partial charge is 0.449 e. The number of carbonyl (C=O) groups is 1. The summed E-state index contributed by atoms with van der Waals surface area (Å²) in [6.45, 7) is 5.25. The van der Waals surface area contributed by atoms with Crippen LogP contribution in [0, 0.1) is 5.92 Å². The van der Waals surface area contributed by atoms with Crippen molar-refractivity contribution < 1.29 is 9.53 Å². The first-order chi connectivity index (χ1) is 14.6. The highest BCUT2D eigenvalue weighted by Crippen LogP contribution is 2.37. The van der Waals surface area contributed by atoms with Gasteiger partial charge in [-0.1, -0.05) is 103 Å². The number of fused-ring (bicyclic) bond motifs is 1. The zero-order valence-corrected chi connectivity index (χ0v) is 18.6. The first kappa shape index (κ1) is 20.4. The number of hydrogen-bond donors (Lipinski definition) is 0. The van der Waals surface area contributed by atoms with Crippen LogP contribution in [0.15, 0.2) is 84.9 Å². The van der Waals surface area contributed by atoms with Crippen LogP contribution in [-0.4, -0.2) is 28.0 Å². The van der Waals surface area contributed by atoms with Gasteiger partial charge in [0, 0.05) is 6.54 Å². The Morgan fingerprint density at radius 1 is 0.933 bits per heavy atom. The number of amides is 1. The Bertz CT molecular complexity index is 935. The number of para-hydroxylation sites is 1. The topological polar surface area (TPSA) is 29.5 Å². The van der Waals surface area contributed by atoms with Crippen LogP contribution in [0.25, 0.3) is 0 Å². The molecular weight excluding hydrogens is 386 g/mol. The van der Waals surface area contributed by atoms with Gasteiger partial charge in [-0.2, -0.15) is 0 Å². The molecule has 1 amide bonds. The van der Waals surface area contributed by atoms with Gasteiger partial charge in [-0.3, -0.25) is 4.90 Å². The standard InChI is InChI=1S/C26H28NO2Si/c1-20(2)19-29-26(28)27-18-17-25(23-15-9-10-16-24(23)27)30(21-11-5-3-6-12-21)22-13-7-4-8-14-22/h3-16,20,25H,17-19H2,1-2H3/t25-/m1/s1. The lowest BCUT2D eigenvalue weighted by molar-refractivity contribution is 0.139. The van der Waals surface area contributed by atoms with Gasteiger partial charge in [0.05, 0.1) is 12.3 Å². The molecule has 30 heavy (non-hydrogen) atoms. The maximum atomic E-state index is 12.8. The zero-order chi connectivity index (χ0) is 20.9. The molecule has 153 valence electrons. The third-order valence-electron chi connectivity index (χ3n) is 5.52. The van der Waals surface area contributed by atoms with Gasteiger partial charge in [-0.15, -0.1) is 0 Å². The van der Waals surface area contributed by atoms with E-state index in [0.717, 1.165) is 12.1 Å². The van der Waals surface area contributed by atoms with E-state index in [2.05, 4.69) is 92.7 Å². The summed E-state index contributed by atoms with van der Waals surface area (Å²) in [4.78, 5) is 14.6. The second-order valence-corrected chi connectivity index (χ2v) is 10.8. The number of ether oxygens (including phenoxy) is 1. The molecule has 0 aliphatic carbocycles. The van der Waals surface area contributed by atoms with E-state index in [-0.39, 0.29) is 6.09 Å². The van der Waals surface area contributed by atoms with Gasteiger partial charge in [0.2, 0.25) is 0 Å². The second kappa shape index (κ2) is 9.31. The van der Waals surface area contributed by atoms with Crippen molar-refractivity contribution in [3.63, 3.8) is 0 Å². The van der Waals surface area contributed by atoms with Crippen molar-refractivity contribution in [2.75, 3.05) is 18.1 Å². The highest BCUT2D eigenvalue weighted by atomic mass is 28.3. The Morgan fingerprint density at radius 2 is 1.50 bits per heavy atom. The lowest BCUT2D eigenvalue weighted by Gasteiger charge is -2.37. The van der Waals surface area contributed by atoms with Crippen LogP contribution in [-0.2, 0) is 4.74 Å². The van der Waals surface area contributed by atoms with Crippen LogP contribution in [0.3, 0.4) is 0 Å². The minimum atomic E-state index is -1.06. The molecule has 0 spiro atoms. The van der Waals surface area contributed by atoms with Crippen molar-refractivity contribution in [2.24, 2.45) is 5.92 Å². The Kier molecular flexibility index (Phi) is 6.34. The third kappa shape index (κ3) is 4.34. The highest BCUT2D eigenvalue weighted by molar-refractivity contribution is 6.86. The fourth-order valence-electron chi connectivity index (χ4n) is 4.17. The van der Waals surface area contributed by atoms with Crippen LogP contribution < -0.4 is 15.3 Å². The smallest absolute Gasteiger partial charge is 0.414 e. The maximum absolute atomic E-state index is 12.8. The first-order valence-electron chi connectivity index (χ1n) is 10.7. The minimum absolute atomic E-state index is 0.234. The summed E-state index contributed by atoms with van der Waals surface area (Å²) in [5.41, 5.74) is 2.65. The predicted octanol–water partition coefficient (Wildman–Crippen LogP) is 4.62. The quantitative estimate of drug-likeness (QED) is 0.570. The average Bonchev–Trinajstić information content (AvgIpc) is 2.79. The minimum Gasteiger partial charge on any atom is -0.449 e. The van der Waals surface area contributed by atoms with E-state index in [1.807, 2.05) is 11.0 Å². The van der Waals surface area contributed by atoms with Crippen molar-refractivity contribution in [1.29, 1.82) is 0 Å². The molecule has 1 heterocycles. The summed E-state index contributed by atoms with van der Waals surface area (Å²) in [5.74, 6) is 0.327. The van der Waals surface area contributed by atoms with Crippen LogP contribution in [0.2, 0.25) is 0 Å². The fourth-order valence-corrected chi connectivity index (χ4v) is 7.39. The molecule has 0 N–H and O–H groups in total. The average molecular weight is 415 g/mol. The first-order valence-corrected chi connectivity index (χ1v) is 12.2. The summed E-state index contributed by atoms with van der Waals surface area (Å²) >= 11 is 0. The molecule has 0 aromatic heterocycles. The van der Waals surface area contributed by atoms with Crippen LogP contribution in [0.5, 0.6) is 0 Å². The van der Waals surface area contributed by atoms with Crippen molar-refractivity contribution in [2.45, 2.75) is 25.8 Å². The number of anilines is 1. The van der Waals surface area contributed by atoms with E-state index in [9.17, 15) is 4.79 Å². The molecule has 1 atom stereocenters.